The van der Waals surface area contributed by atoms with Crippen molar-refractivity contribution in [3.8, 4) is 0 Å². The van der Waals surface area contributed by atoms with E-state index in [4.69, 9.17) is 4.74 Å². The molecule has 0 amide bonds. The Hall–Kier alpha value is -0.0400. The second-order valence-electron chi connectivity index (χ2n) is 4.46. The van der Waals surface area contributed by atoms with Crippen LogP contribution < -0.4 is 10.6 Å². The Balaban J connectivity index is 0.00000256. The molecular formula is C12H26IN3O. The summed E-state index contributed by atoms with van der Waals surface area (Å²) in [6.45, 7) is 10.2. The Morgan fingerprint density at radius 3 is 2.76 bits per heavy atom. The van der Waals surface area contributed by atoms with Crippen molar-refractivity contribution in [3.63, 3.8) is 0 Å². The van der Waals surface area contributed by atoms with E-state index in [1.54, 1.807) is 0 Å². The molecule has 0 bridgehead atoms. The first-order valence-corrected chi connectivity index (χ1v) is 6.37. The number of halogens is 1. The van der Waals surface area contributed by atoms with Gasteiger partial charge in [0.05, 0.1) is 6.10 Å². The molecule has 0 fully saturated rings. The van der Waals surface area contributed by atoms with E-state index in [2.05, 4.69) is 36.4 Å². The largest absolute Gasteiger partial charge is 0.378 e. The molecule has 102 valence electrons. The van der Waals surface area contributed by atoms with Gasteiger partial charge in [0.2, 0.25) is 0 Å². The van der Waals surface area contributed by atoms with Crippen LogP contribution in [0.5, 0.6) is 0 Å². The van der Waals surface area contributed by atoms with Gasteiger partial charge in [0.25, 0.3) is 0 Å². The third-order valence-electron chi connectivity index (χ3n) is 2.74. The Kier molecular flexibility index (Phi) is 9.91. The number of nitrogens with zero attached hydrogens (tertiary/aromatic N) is 1. The average Bonchev–Trinajstić information content (AvgIpc) is 2.29. The lowest BCUT2D eigenvalue weighted by Crippen LogP contribution is -2.42. The molecular weight excluding hydrogens is 329 g/mol. The molecule has 1 aliphatic rings. The van der Waals surface area contributed by atoms with Crippen LogP contribution in [0.3, 0.4) is 0 Å². The highest BCUT2D eigenvalue weighted by Crippen LogP contribution is 2.09. The summed E-state index contributed by atoms with van der Waals surface area (Å²) in [6.07, 6.45) is 2.52. The van der Waals surface area contributed by atoms with Gasteiger partial charge in [-0.1, -0.05) is 13.8 Å². The molecule has 1 heterocycles. The molecule has 1 atom stereocenters. The Morgan fingerprint density at radius 1 is 1.47 bits per heavy atom. The van der Waals surface area contributed by atoms with Crippen LogP contribution in [-0.4, -0.2) is 38.3 Å². The highest BCUT2D eigenvalue weighted by Gasteiger charge is 2.13. The lowest BCUT2D eigenvalue weighted by molar-refractivity contribution is 0.0258. The van der Waals surface area contributed by atoms with Crippen molar-refractivity contribution in [1.82, 2.24) is 10.6 Å². The number of hydrogen-bond donors (Lipinski definition) is 2. The van der Waals surface area contributed by atoms with Crippen molar-refractivity contribution in [2.75, 3.05) is 26.2 Å². The fraction of sp³-hybridized carbons (Fsp3) is 0.917. The molecule has 17 heavy (non-hydrogen) atoms. The Bertz CT molecular complexity index is 222. The molecule has 0 aromatic heterocycles. The van der Waals surface area contributed by atoms with Crippen LogP contribution >= 0.6 is 24.0 Å². The molecule has 0 aliphatic carbocycles. The molecule has 0 saturated heterocycles. The van der Waals surface area contributed by atoms with Gasteiger partial charge < -0.3 is 15.4 Å². The smallest absolute Gasteiger partial charge is 0.191 e. The summed E-state index contributed by atoms with van der Waals surface area (Å²) in [5, 5.41) is 6.58. The zero-order chi connectivity index (χ0) is 11.8. The van der Waals surface area contributed by atoms with Crippen LogP contribution in [0.15, 0.2) is 4.99 Å². The lowest BCUT2D eigenvalue weighted by Gasteiger charge is -2.22. The van der Waals surface area contributed by atoms with E-state index in [1.807, 2.05) is 0 Å². The first kappa shape index (κ1) is 17.0. The predicted octanol–water partition coefficient (Wildman–Crippen LogP) is 1.99. The maximum atomic E-state index is 5.69. The monoisotopic (exact) mass is 355 g/mol. The second-order valence-corrected chi connectivity index (χ2v) is 4.46. The molecule has 1 unspecified atom stereocenters. The fourth-order valence-electron chi connectivity index (χ4n) is 1.81. The van der Waals surface area contributed by atoms with Gasteiger partial charge in [-0.3, -0.25) is 4.99 Å². The van der Waals surface area contributed by atoms with E-state index >= 15 is 0 Å². The first-order chi connectivity index (χ1) is 7.74. The third kappa shape index (κ3) is 7.08. The summed E-state index contributed by atoms with van der Waals surface area (Å²) in [6, 6.07) is 0. The van der Waals surface area contributed by atoms with E-state index in [1.165, 1.54) is 0 Å². The van der Waals surface area contributed by atoms with E-state index in [-0.39, 0.29) is 24.0 Å². The van der Waals surface area contributed by atoms with Crippen molar-refractivity contribution in [1.29, 1.82) is 0 Å². The minimum atomic E-state index is 0. The van der Waals surface area contributed by atoms with Gasteiger partial charge in [-0.25, -0.2) is 0 Å². The number of hydrogen-bond acceptors (Lipinski definition) is 4. The molecule has 0 saturated carbocycles. The van der Waals surface area contributed by atoms with Gasteiger partial charge >= 0.3 is 0 Å². The molecule has 4 nitrogen and oxygen atoms in total. The van der Waals surface area contributed by atoms with E-state index in [0.717, 1.165) is 45.0 Å². The van der Waals surface area contributed by atoms with Crippen molar-refractivity contribution in [3.05, 3.63) is 0 Å². The molecule has 2 N–H and O–H groups in total. The van der Waals surface area contributed by atoms with Crippen LogP contribution in [0.1, 0.15) is 33.6 Å². The van der Waals surface area contributed by atoms with Gasteiger partial charge in [-0.15, -0.1) is 24.0 Å². The topological polar surface area (TPSA) is 45.6 Å². The number of nitrogens with one attached hydrogen (secondary N) is 2. The van der Waals surface area contributed by atoms with E-state index in [9.17, 15) is 0 Å². The summed E-state index contributed by atoms with van der Waals surface area (Å²) < 4.78 is 5.69. The van der Waals surface area contributed by atoms with Gasteiger partial charge in [-0.05, 0) is 25.7 Å². The SMILES string of the molecule is CCOC(CCNC1=NCCCN1)C(C)C.I. The molecule has 1 rings (SSSR count). The fourth-order valence-corrected chi connectivity index (χ4v) is 1.81. The van der Waals surface area contributed by atoms with Crippen molar-refractivity contribution in [2.45, 2.75) is 39.7 Å². The van der Waals surface area contributed by atoms with Crippen molar-refractivity contribution >= 4 is 29.9 Å². The number of rotatable bonds is 6. The average molecular weight is 355 g/mol. The maximum Gasteiger partial charge on any atom is 0.191 e. The van der Waals surface area contributed by atoms with Crippen molar-refractivity contribution < 1.29 is 4.74 Å². The summed E-state index contributed by atoms with van der Waals surface area (Å²) >= 11 is 0. The van der Waals surface area contributed by atoms with Crippen LogP contribution in [0.4, 0.5) is 0 Å². The standard InChI is InChI=1S/C12H25N3O.HI/c1-4-16-11(10(2)3)6-9-15-12-13-7-5-8-14-12;/h10-11H,4-9H2,1-3H3,(H2,13,14,15);1H. The summed E-state index contributed by atoms with van der Waals surface area (Å²) in [5.74, 6) is 1.52. The van der Waals surface area contributed by atoms with Crippen LogP contribution in [0, 0.1) is 5.92 Å². The van der Waals surface area contributed by atoms with E-state index in [0.29, 0.717) is 12.0 Å². The predicted molar refractivity (Wildman–Crippen MR) is 83.2 cm³/mol. The Labute approximate surface area is 122 Å². The van der Waals surface area contributed by atoms with Crippen molar-refractivity contribution in [2.24, 2.45) is 10.9 Å². The van der Waals surface area contributed by atoms with Crippen LogP contribution in [-0.2, 0) is 4.74 Å². The van der Waals surface area contributed by atoms with Gasteiger partial charge in [0.1, 0.15) is 0 Å². The summed E-state index contributed by atoms with van der Waals surface area (Å²) in [7, 11) is 0. The second kappa shape index (κ2) is 9.94. The molecule has 5 heteroatoms. The zero-order valence-electron chi connectivity index (χ0n) is 11.2. The quantitative estimate of drug-likeness (QED) is 0.717. The minimum absolute atomic E-state index is 0. The van der Waals surface area contributed by atoms with Gasteiger partial charge in [-0.2, -0.15) is 0 Å². The summed E-state index contributed by atoms with van der Waals surface area (Å²) in [5.41, 5.74) is 0. The van der Waals surface area contributed by atoms with Gasteiger partial charge in [0.15, 0.2) is 5.96 Å². The zero-order valence-corrected chi connectivity index (χ0v) is 13.5. The number of ether oxygens (including phenoxy) is 1. The molecule has 0 spiro atoms. The van der Waals surface area contributed by atoms with Crippen LogP contribution in [0.2, 0.25) is 0 Å². The highest BCUT2D eigenvalue weighted by atomic mass is 127. The minimum Gasteiger partial charge on any atom is -0.378 e. The number of guanidine groups is 1. The Morgan fingerprint density at radius 2 is 2.24 bits per heavy atom. The molecule has 0 radical (unpaired) electrons. The molecule has 1 aliphatic heterocycles. The molecule has 0 aromatic carbocycles. The van der Waals surface area contributed by atoms with E-state index < -0.39 is 0 Å². The number of aliphatic imine (C=N–C) groups is 1. The summed E-state index contributed by atoms with van der Waals surface area (Å²) in [4.78, 5) is 4.37. The molecule has 0 aromatic rings. The normalized spacial score (nSPS) is 16.8. The highest BCUT2D eigenvalue weighted by molar-refractivity contribution is 14.0. The maximum absolute atomic E-state index is 5.69. The first-order valence-electron chi connectivity index (χ1n) is 6.37. The third-order valence-corrected chi connectivity index (χ3v) is 2.74. The van der Waals surface area contributed by atoms with Gasteiger partial charge in [0, 0.05) is 26.2 Å². The lowest BCUT2D eigenvalue weighted by atomic mass is 10.0. The van der Waals surface area contributed by atoms with Crippen LogP contribution in [0.25, 0.3) is 0 Å².